The molecule has 1 rings (SSSR count). The lowest BCUT2D eigenvalue weighted by atomic mass is 10.2. The lowest BCUT2D eigenvalue weighted by molar-refractivity contribution is -0.120. The standard InChI is InChI=1S/C14H17BrF4N2OS/c1-8-5-10(16)11(6-12(8)23-7-14(17,18)19)20-3-4-21-13(22)9(2)15/h5-6,9,20H,3-4,7H2,1-2H3,(H,21,22). The smallest absolute Gasteiger partial charge is 0.381 e. The van der Waals surface area contributed by atoms with Crippen LogP contribution in [0, 0.1) is 12.7 Å². The number of hydrogen-bond donors (Lipinski definition) is 2. The van der Waals surface area contributed by atoms with Gasteiger partial charge in [-0.15, -0.1) is 11.8 Å². The largest absolute Gasteiger partial charge is 0.398 e. The first-order valence-corrected chi connectivity index (χ1v) is 8.65. The summed E-state index contributed by atoms with van der Waals surface area (Å²) in [5.74, 6) is -1.77. The molecule has 0 saturated carbocycles. The molecule has 0 radical (unpaired) electrons. The zero-order valence-electron chi connectivity index (χ0n) is 12.6. The summed E-state index contributed by atoms with van der Waals surface area (Å²) in [5.41, 5.74) is 0.560. The Kier molecular flexibility index (Phi) is 7.66. The average molecular weight is 417 g/mol. The maximum atomic E-state index is 13.8. The Morgan fingerprint density at radius 2 is 2.00 bits per heavy atom. The van der Waals surface area contributed by atoms with Crippen molar-refractivity contribution in [2.24, 2.45) is 0 Å². The lowest BCUT2D eigenvalue weighted by Gasteiger charge is -2.13. The molecule has 0 aromatic heterocycles. The summed E-state index contributed by atoms with van der Waals surface area (Å²) >= 11 is 3.73. The van der Waals surface area contributed by atoms with E-state index in [1.54, 1.807) is 13.8 Å². The van der Waals surface area contributed by atoms with Crippen molar-refractivity contribution in [1.82, 2.24) is 5.32 Å². The van der Waals surface area contributed by atoms with Gasteiger partial charge in [-0.3, -0.25) is 4.79 Å². The van der Waals surface area contributed by atoms with E-state index in [1.165, 1.54) is 12.1 Å². The molecule has 9 heteroatoms. The molecule has 130 valence electrons. The number of alkyl halides is 4. The van der Waals surface area contributed by atoms with E-state index in [1.807, 2.05) is 0 Å². The first kappa shape index (κ1) is 20.1. The Hall–Kier alpha value is -0.960. The van der Waals surface area contributed by atoms with Gasteiger partial charge in [0.25, 0.3) is 0 Å². The van der Waals surface area contributed by atoms with Gasteiger partial charge in [0.15, 0.2) is 0 Å². The van der Waals surface area contributed by atoms with Crippen LogP contribution in [0.25, 0.3) is 0 Å². The Balaban J connectivity index is 2.63. The predicted octanol–water partition coefficient (Wildman–Crippen LogP) is 4.10. The van der Waals surface area contributed by atoms with E-state index in [0.717, 1.165) is 0 Å². The molecular formula is C14H17BrF4N2OS. The normalized spacial score (nSPS) is 12.8. The number of aryl methyl sites for hydroxylation is 1. The van der Waals surface area contributed by atoms with Crippen molar-refractivity contribution in [2.75, 3.05) is 24.2 Å². The van der Waals surface area contributed by atoms with Crippen LogP contribution >= 0.6 is 27.7 Å². The van der Waals surface area contributed by atoms with Gasteiger partial charge in [0.05, 0.1) is 16.3 Å². The zero-order valence-corrected chi connectivity index (χ0v) is 15.0. The Bertz CT molecular complexity index is 552. The quantitative estimate of drug-likeness (QED) is 0.304. The van der Waals surface area contributed by atoms with Gasteiger partial charge < -0.3 is 10.6 Å². The minimum absolute atomic E-state index is 0.112. The lowest BCUT2D eigenvalue weighted by Crippen LogP contribution is -2.33. The van der Waals surface area contributed by atoms with Gasteiger partial charge in [-0.2, -0.15) is 13.2 Å². The molecule has 1 amide bonds. The van der Waals surface area contributed by atoms with Crippen LogP contribution in [0.1, 0.15) is 12.5 Å². The van der Waals surface area contributed by atoms with E-state index in [2.05, 4.69) is 26.6 Å². The van der Waals surface area contributed by atoms with Gasteiger partial charge in [-0.1, -0.05) is 15.9 Å². The molecule has 1 aromatic carbocycles. The first-order valence-electron chi connectivity index (χ1n) is 6.75. The van der Waals surface area contributed by atoms with Gasteiger partial charge in [-0.25, -0.2) is 4.39 Å². The van der Waals surface area contributed by atoms with E-state index in [0.29, 0.717) is 22.2 Å². The fourth-order valence-electron chi connectivity index (χ4n) is 1.63. The van der Waals surface area contributed by atoms with Gasteiger partial charge >= 0.3 is 6.18 Å². The average Bonchev–Trinajstić information content (AvgIpc) is 2.42. The van der Waals surface area contributed by atoms with Gasteiger partial charge in [-0.05, 0) is 31.5 Å². The highest BCUT2D eigenvalue weighted by atomic mass is 79.9. The third kappa shape index (κ3) is 7.43. The first-order chi connectivity index (χ1) is 10.6. The molecule has 0 aliphatic heterocycles. The maximum absolute atomic E-state index is 13.8. The minimum Gasteiger partial charge on any atom is -0.381 e. The molecule has 0 fully saturated rings. The monoisotopic (exact) mass is 416 g/mol. The number of benzene rings is 1. The van der Waals surface area contributed by atoms with Gasteiger partial charge in [0.2, 0.25) is 5.91 Å². The zero-order chi connectivity index (χ0) is 17.6. The fourth-order valence-corrected chi connectivity index (χ4v) is 2.60. The van der Waals surface area contributed by atoms with E-state index >= 15 is 0 Å². The highest BCUT2D eigenvalue weighted by Gasteiger charge is 2.27. The van der Waals surface area contributed by atoms with E-state index in [4.69, 9.17) is 0 Å². The van der Waals surface area contributed by atoms with Crippen molar-refractivity contribution in [1.29, 1.82) is 0 Å². The number of carbonyl (C=O) groups is 1. The summed E-state index contributed by atoms with van der Waals surface area (Å²) < 4.78 is 50.7. The minimum atomic E-state index is -4.28. The topological polar surface area (TPSA) is 41.1 Å². The van der Waals surface area contributed by atoms with E-state index < -0.39 is 17.7 Å². The second-order valence-electron chi connectivity index (χ2n) is 4.84. The summed E-state index contributed by atoms with van der Waals surface area (Å²) in [6.07, 6.45) is -4.28. The SMILES string of the molecule is Cc1cc(F)c(NCCNC(=O)C(C)Br)cc1SCC(F)(F)F. The highest BCUT2D eigenvalue weighted by molar-refractivity contribution is 9.10. The molecule has 0 aliphatic carbocycles. The number of hydrogen-bond acceptors (Lipinski definition) is 3. The molecule has 0 saturated heterocycles. The second-order valence-corrected chi connectivity index (χ2v) is 7.23. The Labute approximate surface area is 144 Å². The molecule has 1 aromatic rings. The van der Waals surface area contributed by atoms with Crippen molar-refractivity contribution in [3.63, 3.8) is 0 Å². The number of amides is 1. The number of anilines is 1. The third-order valence-corrected chi connectivity index (χ3v) is 4.40. The van der Waals surface area contributed by atoms with Crippen molar-refractivity contribution in [2.45, 2.75) is 29.7 Å². The van der Waals surface area contributed by atoms with E-state index in [9.17, 15) is 22.4 Å². The molecule has 0 spiro atoms. The highest BCUT2D eigenvalue weighted by Crippen LogP contribution is 2.32. The maximum Gasteiger partial charge on any atom is 0.398 e. The molecule has 3 nitrogen and oxygen atoms in total. The number of rotatable bonds is 7. The second kappa shape index (κ2) is 8.77. The van der Waals surface area contributed by atoms with Crippen LogP contribution in [-0.2, 0) is 4.79 Å². The number of carbonyl (C=O) groups excluding carboxylic acids is 1. The predicted molar refractivity (Wildman–Crippen MR) is 87.8 cm³/mol. The van der Waals surface area contributed by atoms with Crippen LogP contribution in [0.3, 0.4) is 0 Å². The van der Waals surface area contributed by atoms with Crippen molar-refractivity contribution in [3.8, 4) is 0 Å². The molecule has 0 heterocycles. The fraction of sp³-hybridized carbons (Fsp3) is 0.500. The summed E-state index contributed by atoms with van der Waals surface area (Å²) in [5, 5.41) is 5.39. The van der Waals surface area contributed by atoms with Crippen LogP contribution in [0.2, 0.25) is 0 Å². The van der Waals surface area contributed by atoms with Crippen molar-refractivity contribution < 1.29 is 22.4 Å². The molecule has 1 unspecified atom stereocenters. The van der Waals surface area contributed by atoms with Crippen LogP contribution in [0.15, 0.2) is 17.0 Å². The van der Waals surface area contributed by atoms with Gasteiger partial charge in [0, 0.05) is 18.0 Å². The van der Waals surface area contributed by atoms with Crippen molar-refractivity contribution in [3.05, 3.63) is 23.5 Å². The molecule has 0 bridgehead atoms. The van der Waals surface area contributed by atoms with Crippen LogP contribution in [0.5, 0.6) is 0 Å². The number of nitrogens with one attached hydrogen (secondary N) is 2. The molecule has 23 heavy (non-hydrogen) atoms. The van der Waals surface area contributed by atoms with Crippen LogP contribution in [-0.4, -0.2) is 35.8 Å². The summed E-state index contributed by atoms with van der Waals surface area (Å²) in [6, 6.07) is 2.55. The molecule has 1 atom stereocenters. The van der Waals surface area contributed by atoms with Crippen LogP contribution in [0.4, 0.5) is 23.2 Å². The number of halogens is 5. The molecular weight excluding hydrogens is 400 g/mol. The third-order valence-electron chi connectivity index (χ3n) is 2.76. The van der Waals surface area contributed by atoms with Gasteiger partial charge in [0.1, 0.15) is 5.82 Å². The Morgan fingerprint density at radius 3 is 2.57 bits per heavy atom. The van der Waals surface area contributed by atoms with Crippen LogP contribution < -0.4 is 10.6 Å². The number of thioether (sulfide) groups is 1. The molecule has 2 N–H and O–H groups in total. The summed E-state index contributed by atoms with van der Waals surface area (Å²) in [7, 11) is 0. The Morgan fingerprint density at radius 1 is 1.35 bits per heavy atom. The molecule has 0 aliphatic rings. The summed E-state index contributed by atoms with van der Waals surface area (Å²) in [4.78, 5) is 11.4. The summed E-state index contributed by atoms with van der Waals surface area (Å²) in [6.45, 7) is 3.76. The van der Waals surface area contributed by atoms with E-state index in [-0.39, 0.29) is 29.5 Å². The van der Waals surface area contributed by atoms with Crippen molar-refractivity contribution >= 4 is 39.3 Å².